The van der Waals surface area contributed by atoms with E-state index in [0.29, 0.717) is 23.4 Å². The molecule has 3 aromatic rings. The highest BCUT2D eigenvalue weighted by Gasteiger charge is 2.24. The Hall–Kier alpha value is -3.26. The number of nitrogens with zero attached hydrogens (tertiary/aromatic N) is 1. The molecule has 8 nitrogen and oxygen atoms in total. The smallest absolute Gasteiger partial charge is 0.239 e. The van der Waals surface area contributed by atoms with Gasteiger partial charge in [-0.3, -0.25) is 4.79 Å². The molecule has 0 unspecified atom stereocenters. The molecule has 2 aromatic heterocycles. The Morgan fingerprint density at radius 1 is 1.14 bits per heavy atom. The molecule has 1 aromatic carbocycles. The van der Waals surface area contributed by atoms with Crippen molar-refractivity contribution in [3.63, 3.8) is 0 Å². The fraction of sp³-hybridized carbons (Fsp3) is 0.333. The number of aryl methyl sites for hydroxylation is 1. The standard InChI is InChI=1S/C21H23NO7/c1-21(2,26)8-7-12-13(23)9-14(24)16-17(25)20(28-4)18(29-19(12)16)11-5-6-15(27-3)22-10-11/h5-6,9-10,23-24,26H,7-8H2,1-4H3. The van der Waals surface area contributed by atoms with Crippen LogP contribution in [0.5, 0.6) is 23.1 Å². The first-order valence-corrected chi connectivity index (χ1v) is 8.97. The van der Waals surface area contributed by atoms with Crippen LogP contribution in [0.1, 0.15) is 25.8 Å². The van der Waals surface area contributed by atoms with Gasteiger partial charge < -0.3 is 29.2 Å². The predicted molar refractivity (Wildman–Crippen MR) is 107 cm³/mol. The number of benzene rings is 1. The quantitative estimate of drug-likeness (QED) is 0.576. The number of fused-ring (bicyclic) bond motifs is 1. The largest absolute Gasteiger partial charge is 0.507 e. The maximum absolute atomic E-state index is 13.0. The lowest BCUT2D eigenvalue weighted by Gasteiger charge is -2.18. The van der Waals surface area contributed by atoms with Crippen molar-refractivity contribution in [1.82, 2.24) is 4.98 Å². The lowest BCUT2D eigenvalue weighted by atomic mass is 9.96. The molecule has 0 aliphatic rings. The number of phenols is 2. The summed E-state index contributed by atoms with van der Waals surface area (Å²) in [7, 11) is 2.81. The summed E-state index contributed by atoms with van der Waals surface area (Å²) in [4.78, 5) is 17.2. The third-order valence-corrected chi connectivity index (χ3v) is 4.58. The lowest BCUT2D eigenvalue weighted by molar-refractivity contribution is 0.0713. The number of aromatic hydroxyl groups is 2. The summed E-state index contributed by atoms with van der Waals surface area (Å²) in [6.07, 6.45) is 1.99. The van der Waals surface area contributed by atoms with Gasteiger partial charge in [-0.2, -0.15) is 0 Å². The number of rotatable bonds is 6. The van der Waals surface area contributed by atoms with E-state index in [2.05, 4.69) is 4.98 Å². The number of aromatic nitrogens is 1. The van der Waals surface area contributed by atoms with Crippen molar-refractivity contribution in [1.29, 1.82) is 0 Å². The molecule has 0 amide bonds. The van der Waals surface area contributed by atoms with E-state index in [1.54, 1.807) is 26.0 Å². The summed E-state index contributed by atoms with van der Waals surface area (Å²) >= 11 is 0. The number of ether oxygens (including phenoxy) is 2. The van der Waals surface area contributed by atoms with Crippen LogP contribution in [0.4, 0.5) is 0 Å². The maximum Gasteiger partial charge on any atom is 0.239 e. The molecule has 154 valence electrons. The van der Waals surface area contributed by atoms with Gasteiger partial charge in [0.2, 0.25) is 17.1 Å². The van der Waals surface area contributed by atoms with E-state index >= 15 is 0 Å². The van der Waals surface area contributed by atoms with E-state index < -0.39 is 16.8 Å². The Morgan fingerprint density at radius 2 is 1.86 bits per heavy atom. The second kappa shape index (κ2) is 7.63. The number of phenolic OH excluding ortho intramolecular Hbond substituents is 2. The third-order valence-electron chi connectivity index (χ3n) is 4.58. The van der Waals surface area contributed by atoms with Crippen molar-refractivity contribution in [2.75, 3.05) is 14.2 Å². The first-order chi connectivity index (χ1) is 13.7. The minimum Gasteiger partial charge on any atom is -0.507 e. The summed E-state index contributed by atoms with van der Waals surface area (Å²) in [5.41, 5.74) is -0.781. The van der Waals surface area contributed by atoms with Crippen molar-refractivity contribution in [3.05, 3.63) is 40.2 Å². The summed E-state index contributed by atoms with van der Waals surface area (Å²) in [5, 5.41) is 30.6. The van der Waals surface area contributed by atoms with Crippen molar-refractivity contribution < 1.29 is 29.2 Å². The van der Waals surface area contributed by atoms with Crippen LogP contribution in [-0.2, 0) is 6.42 Å². The van der Waals surface area contributed by atoms with E-state index in [4.69, 9.17) is 13.9 Å². The number of methoxy groups -OCH3 is 2. The highest BCUT2D eigenvalue weighted by atomic mass is 16.5. The molecule has 8 heteroatoms. The van der Waals surface area contributed by atoms with Crippen LogP contribution in [0.25, 0.3) is 22.3 Å². The van der Waals surface area contributed by atoms with Gasteiger partial charge in [0.25, 0.3) is 0 Å². The van der Waals surface area contributed by atoms with Crippen molar-refractivity contribution in [2.24, 2.45) is 0 Å². The van der Waals surface area contributed by atoms with Gasteiger partial charge >= 0.3 is 0 Å². The summed E-state index contributed by atoms with van der Waals surface area (Å²) < 4.78 is 16.3. The van der Waals surface area contributed by atoms with Gasteiger partial charge in [-0.25, -0.2) is 4.98 Å². The molecule has 0 fully saturated rings. The Morgan fingerprint density at radius 3 is 2.41 bits per heavy atom. The second-order valence-corrected chi connectivity index (χ2v) is 7.29. The highest BCUT2D eigenvalue weighted by Crippen LogP contribution is 2.39. The van der Waals surface area contributed by atoms with Gasteiger partial charge in [0.15, 0.2) is 5.76 Å². The molecule has 3 rings (SSSR count). The van der Waals surface area contributed by atoms with Crippen molar-refractivity contribution >= 4 is 11.0 Å². The number of hydrogen-bond acceptors (Lipinski definition) is 8. The topological polar surface area (TPSA) is 122 Å². The number of pyridine rings is 1. The molecule has 0 aliphatic carbocycles. The zero-order valence-corrected chi connectivity index (χ0v) is 16.6. The van der Waals surface area contributed by atoms with Crippen LogP contribution < -0.4 is 14.9 Å². The predicted octanol–water partition coefficient (Wildman–Crippen LogP) is 2.99. The van der Waals surface area contributed by atoms with Gasteiger partial charge in [-0.1, -0.05) is 0 Å². The van der Waals surface area contributed by atoms with Crippen molar-refractivity contribution in [2.45, 2.75) is 32.3 Å². The van der Waals surface area contributed by atoms with Gasteiger partial charge in [0.05, 0.1) is 19.8 Å². The van der Waals surface area contributed by atoms with Gasteiger partial charge in [0, 0.05) is 29.5 Å². The van der Waals surface area contributed by atoms with Gasteiger partial charge in [0.1, 0.15) is 22.5 Å². The van der Waals surface area contributed by atoms with Crippen LogP contribution >= 0.6 is 0 Å². The van der Waals surface area contributed by atoms with Crippen LogP contribution in [-0.4, -0.2) is 40.1 Å². The molecule has 0 radical (unpaired) electrons. The average Bonchev–Trinajstić information content (AvgIpc) is 2.66. The maximum atomic E-state index is 13.0. The Kier molecular flexibility index (Phi) is 5.39. The fourth-order valence-electron chi connectivity index (χ4n) is 3.05. The minimum absolute atomic E-state index is 0.0309. The zero-order valence-electron chi connectivity index (χ0n) is 16.6. The van der Waals surface area contributed by atoms with Crippen LogP contribution in [0.2, 0.25) is 0 Å². The van der Waals surface area contributed by atoms with Gasteiger partial charge in [-0.15, -0.1) is 0 Å². The van der Waals surface area contributed by atoms with Crippen LogP contribution in [0, 0.1) is 0 Å². The normalized spacial score (nSPS) is 11.6. The number of hydrogen-bond donors (Lipinski definition) is 3. The molecular formula is C21H23NO7. The molecule has 3 N–H and O–H groups in total. The number of aliphatic hydroxyl groups is 1. The van der Waals surface area contributed by atoms with Gasteiger partial charge in [-0.05, 0) is 32.8 Å². The first-order valence-electron chi connectivity index (χ1n) is 8.97. The Labute approximate surface area is 167 Å². The molecule has 0 saturated carbocycles. The monoisotopic (exact) mass is 401 g/mol. The van der Waals surface area contributed by atoms with Crippen molar-refractivity contribution in [3.8, 4) is 34.5 Å². The SMILES string of the molecule is COc1ccc(-c2oc3c(CCC(C)(C)O)c(O)cc(O)c3c(=O)c2OC)cn1. The Balaban J connectivity index is 2.31. The molecule has 0 aliphatic heterocycles. The van der Waals surface area contributed by atoms with E-state index in [-0.39, 0.29) is 34.6 Å². The Bertz CT molecular complexity index is 1100. The van der Waals surface area contributed by atoms with E-state index in [9.17, 15) is 20.1 Å². The lowest BCUT2D eigenvalue weighted by Crippen LogP contribution is -2.19. The third kappa shape index (κ3) is 3.97. The summed E-state index contributed by atoms with van der Waals surface area (Å²) in [6, 6.07) is 4.35. The minimum atomic E-state index is -0.994. The first kappa shape index (κ1) is 20.5. The van der Waals surface area contributed by atoms with E-state index in [1.807, 2.05) is 0 Å². The summed E-state index contributed by atoms with van der Waals surface area (Å²) in [6.45, 7) is 3.28. The molecule has 0 saturated heterocycles. The highest BCUT2D eigenvalue weighted by molar-refractivity contribution is 5.91. The van der Waals surface area contributed by atoms with E-state index in [1.165, 1.54) is 20.4 Å². The van der Waals surface area contributed by atoms with Crippen LogP contribution in [0.3, 0.4) is 0 Å². The zero-order chi connectivity index (χ0) is 21.3. The second-order valence-electron chi connectivity index (χ2n) is 7.29. The van der Waals surface area contributed by atoms with E-state index in [0.717, 1.165) is 6.07 Å². The summed E-state index contributed by atoms with van der Waals surface area (Å²) in [5.74, 6) is -0.257. The fourth-order valence-corrected chi connectivity index (χ4v) is 3.05. The molecular weight excluding hydrogens is 378 g/mol. The molecule has 29 heavy (non-hydrogen) atoms. The molecule has 0 spiro atoms. The molecule has 0 atom stereocenters. The van der Waals surface area contributed by atoms with Crippen LogP contribution in [0.15, 0.2) is 33.6 Å². The average molecular weight is 401 g/mol. The molecule has 0 bridgehead atoms. The molecule has 2 heterocycles.